The summed E-state index contributed by atoms with van der Waals surface area (Å²) < 4.78 is 25.6. The molecule has 1 atom stereocenters. The van der Waals surface area contributed by atoms with Gasteiger partial charge in [0.05, 0.1) is 5.75 Å². The molecule has 0 bridgehead atoms. The molecule has 0 fully saturated rings. The zero-order chi connectivity index (χ0) is 19.3. The van der Waals surface area contributed by atoms with Gasteiger partial charge >= 0.3 is 0 Å². The summed E-state index contributed by atoms with van der Waals surface area (Å²) in [7, 11) is -3.30. The van der Waals surface area contributed by atoms with Crippen LogP contribution in [0.15, 0.2) is 42.5 Å². The van der Waals surface area contributed by atoms with Crippen molar-refractivity contribution >= 4 is 33.0 Å². The Kier molecular flexibility index (Phi) is 6.26. The number of amides is 1. The second kappa shape index (κ2) is 8.23. The highest BCUT2D eigenvalue weighted by atomic mass is 32.2. The molecule has 26 heavy (non-hydrogen) atoms. The second-order valence-electron chi connectivity index (χ2n) is 6.20. The van der Waals surface area contributed by atoms with Crippen LogP contribution in [0.25, 0.3) is 0 Å². The predicted molar refractivity (Wildman–Crippen MR) is 107 cm³/mol. The number of anilines is 3. The lowest BCUT2D eigenvalue weighted by Gasteiger charge is -2.18. The van der Waals surface area contributed by atoms with Gasteiger partial charge in [0, 0.05) is 17.1 Å². The molecule has 2 aromatic carbocycles. The first-order valence-corrected chi connectivity index (χ1v) is 10.1. The van der Waals surface area contributed by atoms with Gasteiger partial charge in [0.2, 0.25) is 15.9 Å². The molecule has 0 saturated carbocycles. The van der Waals surface area contributed by atoms with E-state index >= 15 is 0 Å². The summed E-state index contributed by atoms with van der Waals surface area (Å²) in [6.45, 7) is 7.26. The summed E-state index contributed by atoms with van der Waals surface area (Å²) in [5, 5.41) is 6.07. The number of sulfonamides is 1. The number of hydrogen-bond donors (Lipinski definition) is 3. The predicted octanol–water partition coefficient (Wildman–Crippen LogP) is 3.50. The Morgan fingerprint density at radius 1 is 1.00 bits per heavy atom. The van der Waals surface area contributed by atoms with E-state index in [1.165, 1.54) is 0 Å². The van der Waals surface area contributed by atoms with E-state index in [1.54, 1.807) is 38.1 Å². The molecule has 2 aromatic rings. The Balaban J connectivity index is 2.00. The highest BCUT2D eigenvalue weighted by Crippen LogP contribution is 2.20. The standard InChI is InChI=1S/C19H25N3O3S/c1-5-26(24,25)22-17-11-9-16(10-12-17)20-15(4)19(23)21-18-13(2)7-6-8-14(18)3/h6-12,15,20,22H,5H2,1-4H3,(H,21,23)/t15-/m1/s1. The molecule has 0 aliphatic carbocycles. The van der Waals surface area contributed by atoms with Crippen molar-refractivity contribution in [2.24, 2.45) is 0 Å². The third-order valence-corrected chi connectivity index (χ3v) is 5.35. The maximum Gasteiger partial charge on any atom is 0.246 e. The fourth-order valence-electron chi connectivity index (χ4n) is 2.44. The fourth-order valence-corrected chi connectivity index (χ4v) is 3.08. The van der Waals surface area contributed by atoms with E-state index in [4.69, 9.17) is 0 Å². The minimum absolute atomic E-state index is 0.0164. The molecule has 0 aromatic heterocycles. The molecular formula is C19H25N3O3S. The SMILES string of the molecule is CCS(=O)(=O)Nc1ccc(N[C@H](C)C(=O)Nc2c(C)cccc2C)cc1. The Bertz CT molecular complexity index is 857. The number of carbonyl (C=O) groups excluding carboxylic acids is 1. The zero-order valence-corrected chi connectivity index (χ0v) is 16.3. The van der Waals surface area contributed by atoms with E-state index in [-0.39, 0.29) is 11.7 Å². The molecule has 2 rings (SSSR count). The lowest BCUT2D eigenvalue weighted by Crippen LogP contribution is -2.32. The van der Waals surface area contributed by atoms with Crippen molar-refractivity contribution in [3.05, 3.63) is 53.6 Å². The third kappa shape index (κ3) is 5.23. The monoisotopic (exact) mass is 375 g/mol. The first-order chi connectivity index (χ1) is 12.2. The highest BCUT2D eigenvalue weighted by Gasteiger charge is 2.15. The van der Waals surface area contributed by atoms with Gasteiger partial charge in [-0.3, -0.25) is 9.52 Å². The number of aryl methyl sites for hydroxylation is 2. The lowest BCUT2D eigenvalue weighted by atomic mass is 10.1. The maximum absolute atomic E-state index is 12.4. The smallest absolute Gasteiger partial charge is 0.246 e. The normalized spacial score (nSPS) is 12.3. The number of nitrogens with one attached hydrogen (secondary N) is 3. The number of rotatable bonds is 7. The van der Waals surface area contributed by atoms with E-state index in [0.717, 1.165) is 22.5 Å². The number of carbonyl (C=O) groups is 1. The van der Waals surface area contributed by atoms with Crippen LogP contribution in [0.5, 0.6) is 0 Å². The van der Waals surface area contributed by atoms with E-state index in [9.17, 15) is 13.2 Å². The summed E-state index contributed by atoms with van der Waals surface area (Å²) in [6.07, 6.45) is 0. The maximum atomic E-state index is 12.4. The van der Waals surface area contributed by atoms with Gasteiger partial charge in [0.1, 0.15) is 6.04 Å². The van der Waals surface area contributed by atoms with Crippen molar-refractivity contribution in [1.29, 1.82) is 0 Å². The number of benzene rings is 2. The third-order valence-electron chi connectivity index (χ3n) is 4.04. The van der Waals surface area contributed by atoms with Crippen molar-refractivity contribution in [1.82, 2.24) is 0 Å². The Labute approximate surface area is 155 Å². The second-order valence-corrected chi connectivity index (χ2v) is 8.22. The molecule has 3 N–H and O–H groups in total. The molecule has 0 saturated heterocycles. The van der Waals surface area contributed by atoms with Gasteiger partial charge in [-0.2, -0.15) is 0 Å². The van der Waals surface area contributed by atoms with Gasteiger partial charge in [0.25, 0.3) is 0 Å². The van der Waals surface area contributed by atoms with Gasteiger partial charge < -0.3 is 10.6 Å². The number of hydrogen-bond acceptors (Lipinski definition) is 4. The van der Waals surface area contributed by atoms with Crippen LogP contribution in [0.2, 0.25) is 0 Å². The Hall–Kier alpha value is -2.54. The molecule has 0 aliphatic rings. The number of para-hydroxylation sites is 1. The molecule has 0 radical (unpaired) electrons. The first-order valence-electron chi connectivity index (χ1n) is 8.46. The quantitative estimate of drug-likeness (QED) is 0.691. The minimum atomic E-state index is -3.30. The molecular weight excluding hydrogens is 350 g/mol. The average molecular weight is 375 g/mol. The molecule has 0 spiro atoms. The van der Waals surface area contributed by atoms with E-state index in [1.807, 2.05) is 32.0 Å². The van der Waals surface area contributed by atoms with Crippen LogP contribution < -0.4 is 15.4 Å². The molecule has 140 valence electrons. The highest BCUT2D eigenvalue weighted by molar-refractivity contribution is 7.92. The van der Waals surface area contributed by atoms with Gasteiger partial charge in [-0.05, 0) is 63.1 Å². The van der Waals surface area contributed by atoms with Crippen molar-refractivity contribution < 1.29 is 13.2 Å². The van der Waals surface area contributed by atoms with Gasteiger partial charge in [-0.25, -0.2) is 8.42 Å². The summed E-state index contributed by atoms with van der Waals surface area (Å²) in [4.78, 5) is 12.4. The van der Waals surface area contributed by atoms with Gasteiger partial charge in [-0.1, -0.05) is 18.2 Å². The van der Waals surface area contributed by atoms with E-state index in [2.05, 4.69) is 15.4 Å². The van der Waals surface area contributed by atoms with Crippen LogP contribution in [0.3, 0.4) is 0 Å². The van der Waals surface area contributed by atoms with Crippen LogP contribution in [0.1, 0.15) is 25.0 Å². The van der Waals surface area contributed by atoms with Crippen LogP contribution in [-0.2, 0) is 14.8 Å². The summed E-state index contributed by atoms with van der Waals surface area (Å²) in [5.41, 5.74) is 4.07. The molecule has 7 heteroatoms. The summed E-state index contributed by atoms with van der Waals surface area (Å²) in [6, 6.07) is 12.2. The summed E-state index contributed by atoms with van der Waals surface area (Å²) in [5.74, 6) is -0.124. The molecule has 6 nitrogen and oxygen atoms in total. The van der Waals surface area contributed by atoms with E-state index < -0.39 is 16.1 Å². The lowest BCUT2D eigenvalue weighted by molar-refractivity contribution is -0.116. The fraction of sp³-hybridized carbons (Fsp3) is 0.316. The van der Waals surface area contributed by atoms with Gasteiger partial charge in [-0.15, -0.1) is 0 Å². The van der Waals surface area contributed by atoms with Crippen LogP contribution in [0, 0.1) is 13.8 Å². The topological polar surface area (TPSA) is 87.3 Å². The first kappa shape index (κ1) is 19.8. The van der Waals surface area contributed by atoms with Gasteiger partial charge in [0.15, 0.2) is 0 Å². The van der Waals surface area contributed by atoms with E-state index in [0.29, 0.717) is 5.69 Å². The largest absolute Gasteiger partial charge is 0.374 e. The van der Waals surface area contributed by atoms with Crippen molar-refractivity contribution in [3.63, 3.8) is 0 Å². The Morgan fingerprint density at radius 2 is 1.54 bits per heavy atom. The van der Waals surface area contributed by atoms with Crippen molar-refractivity contribution in [2.75, 3.05) is 21.1 Å². The van der Waals surface area contributed by atoms with Crippen LogP contribution in [-0.4, -0.2) is 26.1 Å². The zero-order valence-electron chi connectivity index (χ0n) is 15.5. The Morgan fingerprint density at radius 3 is 2.08 bits per heavy atom. The van der Waals surface area contributed by atoms with Crippen molar-refractivity contribution in [2.45, 2.75) is 33.7 Å². The van der Waals surface area contributed by atoms with Crippen LogP contribution >= 0.6 is 0 Å². The van der Waals surface area contributed by atoms with Crippen molar-refractivity contribution in [3.8, 4) is 0 Å². The van der Waals surface area contributed by atoms with Crippen LogP contribution in [0.4, 0.5) is 17.1 Å². The summed E-state index contributed by atoms with van der Waals surface area (Å²) >= 11 is 0. The average Bonchev–Trinajstić information content (AvgIpc) is 2.59. The molecule has 0 heterocycles. The molecule has 1 amide bonds. The molecule has 0 aliphatic heterocycles. The minimum Gasteiger partial charge on any atom is -0.374 e. The molecule has 0 unspecified atom stereocenters.